The molecule has 0 aromatic heterocycles. The van der Waals surface area contributed by atoms with E-state index >= 15 is 0 Å². The Hall–Kier alpha value is -1.46. The fraction of sp³-hybridized carbons (Fsp3) is 0.562. The highest BCUT2D eigenvalue weighted by Crippen LogP contribution is 2.28. The molecule has 2 rings (SSSR count). The third kappa shape index (κ3) is 5.10. The molecule has 0 saturated heterocycles. The number of carbonyl (C=O) groups excluding carboxylic acids is 1. The quantitative estimate of drug-likeness (QED) is 0.796. The van der Waals surface area contributed by atoms with E-state index in [-0.39, 0.29) is 17.8 Å². The van der Waals surface area contributed by atoms with E-state index in [1.165, 1.54) is 6.07 Å². The second kappa shape index (κ2) is 7.52. The average Bonchev–Trinajstić information content (AvgIpc) is 3.25. The number of benzene rings is 1. The predicted octanol–water partition coefficient (Wildman–Crippen LogP) is 1.94. The van der Waals surface area contributed by atoms with Crippen LogP contribution < -0.4 is 5.32 Å². The smallest absolute Gasteiger partial charge is 0.234 e. The van der Waals surface area contributed by atoms with Crippen LogP contribution in [0.4, 0.5) is 4.39 Å². The van der Waals surface area contributed by atoms with Crippen molar-refractivity contribution in [1.29, 1.82) is 0 Å². The molecule has 0 aliphatic heterocycles. The van der Waals surface area contributed by atoms with Gasteiger partial charge in [0.15, 0.2) is 0 Å². The molecular formula is C16H23FN2O2. The van der Waals surface area contributed by atoms with Crippen LogP contribution in [0.2, 0.25) is 0 Å². The lowest BCUT2D eigenvalue weighted by Crippen LogP contribution is -2.43. The zero-order chi connectivity index (χ0) is 15.2. The molecule has 1 amide bonds. The molecule has 0 spiro atoms. The Morgan fingerprint density at radius 1 is 1.48 bits per heavy atom. The molecule has 0 radical (unpaired) electrons. The highest BCUT2D eigenvalue weighted by atomic mass is 19.1. The Labute approximate surface area is 125 Å². The van der Waals surface area contributed by atoms with Crippen molar-refractivity contribution in [2.24, 2.45) is 0 Å². The van der Waals surface area contributed by atoms with Crippen molar-refractivity contribution in [3.63, 3.8) is 0 Å². The summed E-state index contributed by atoms with van der Waals surface area (Å²) in [5.74, 6) is -0.251. The number of ether oxygens (including phenoxy) is 1. The van der Waals surface area contributed by atoms with Gasteiger partial charge < -0.3 is 10.1 Å². The minimum absolute atomic E-state index is 0.0167. The standard InChI is InChI=1S/C16H23FN2O2/c1-12(11-21-2)18-16(20)10-19(14-7-8-14)9-13-5-3-4-6-15(13)17/h3-6,12,14H,7-11H2,1-2H3,(H,18,20)/t12-/m1/s1. The fourth-order valence-corrected chi connectivity index (χ4v) is 2.40. The molecule has 1 saturated carbocycles. The van der Waals surface area contributed by atoms with Gasteiger partial charge in [-0.3, -0.25) is 9.69 Å². The zero-order valence-corrected chi connectivity index (χ0v) is 12.6. The summed E-state index contributed by atoms with van der Waals surface area (Å²) in [6.45, 7) is 3.17. The molecule has 1 fully saturated rings. The molecule has 4 nitrogen and oxygen atoms in total. The lowest BCUT2D eigenvalue weighted by atomic mass is 10.2. The van der Waals surface area contributed by atoms with Crippen molar-refractivity contribution in [1.82, 2.24) is 10.2 Å². The second-order valence-corrected chi connectivity index (χ2v) is 5.65. The predicted molar refractivity (Wildman–Crippen MR) is 79.3 cm³/mol. The average molecular weight is 294 g/mol. The normalized spacial score (nSPS) is 16.0. The number of methoxy groups -OCH3 is 1. The molecule has 1 atom stereocenters. The summed E-state index contributed by atoms with van der Waals surface area (Å²) < 4.78 is 18.7. The number of hydrogen-bond donors (Lipinski definition) is 1. The molecule has 21 heavy (non-hydrogen) atoms. The van der Waals surface area contributed by atoms with Crippen molar-refractivity contribution < 1.29 is 13.9 Å². The van der Waals surface area contributed by atoms with E-state index in [4.69, 9.17) is 4.74 Å². The van der Waals surface area contributed by atoms with Gasteiger partial charge in [0.1, 0.15) is 5.82 Å². The summed E-state index contributed by atoms with van der Waals surface area (Å²) in [6, 6.07) is 7.12. The van der Waals surface area contributed by atoms with E-state index in [9.17, 15) is 9.18 Å². The fourth-order valence-electron chi connectivity index (χ4n) is 2.40. The van der Waals surface area contributed by atoms with Gasteiger partial charge >= 0.3 is 0 Å². The van der Waals surface area contributed by atoms with Gasteiger partial charge in [-0.15, -0.1) is 0 Å². The summed E-state index contributed by atoms with van der Waals surface area (Å²) in [5.41, 5.74) is 0.641. The maximum Gasteiger partial charge on any atom is 0.234 e. The van der Waals surface area contributed by atoms with Crippen LogP contribution in [-0.4, -0.2) is 43.2 Å². The topological polar surface area (TPSA) is 41.6 Å². The van der Waals surface area contributed by atoms with E-state index < -0.39 is 0 Å². The third-order valence-corrected chi connectivity index (χ3v) is 3.57. The minimum Gasteiger partial charge on any atom is -0.383 e. The van der Waals surface area contributed by atoms with Crippen LogP contribution in [0.25, 0.3) is 0 Å². The maximum absolute atomic E-state index is 13.7. The van der Waals surface area contributed by atoms with Crippen LogP contribution in [-0.2, 0) is 16.1 Å². The van der Waals surface area contributed by atoms with Crippen molar-refractivity contribution in [2.75, 3.05) is 20.3 Å². The van der Waals surface area contributed by atoms with E-state index in [0.717, 1.165) is 12.8 Å². The van der Waals surface area contributed by atoms with E-state index in [0.29, 0.717) is 31.3 Å². The molecule has 1 aromatic carbocycles. The Kier molecular flexibility index (Phi) is 5.70. The van der Waals surface area contributed by atoms with Crippen molar-refractivity contribution in [3.05, 3.63) is 35.6 Å². The molecule has 1 aromatic rings. The number of rotatable bonds is 8. The van der Waals surface area contributed by atoms with Gasteiger partial charge in [0.2, 0.25) is 5.91 Å². The van der Waals surface area contributed by atoms with E-state index in [1.54, 1.807) is 19.2 Å². The second-order valence-electron chi connectivity index (χ2n) is 5.65. The largest absolute Gasteiger partial charge is 0.383 e. The zero-order valence-electron chi connectivity index (χ0n) is 12.6. The molecule has 0 bridgehead atoms. The molecule has 1 N–H and O–H groups in total. The van der Waals surface area contributed by atoms with Gasteiger partial charge in [0, 0.05) is 31.3 Å². The Morgan fingerprint density at radius 2 is 2.19 bits per heavy atom. The number of nitrogens with zero attached hydrogens (tertiary/aromatic N) is 1. The summed E-state index contributed by atoms with van der Waals surface area (Å²) >= 11 is 0. The molecule has 0 heterocycles. The Morgan fingerprint density at radius 3 is 2.81 bits per heavy atom. The van der Waals surface area contributed by atoms with Crippen LogP contribution in [0.1, 0.15) is 25.3 Å². The molecule has 1 aliphatic carbocycles. The molecule has 0 unspecified atom stereocenters. The van der Waals surface area contributed by atoms with E-state index in [1.807, 2.05) is 17.9 Å². The summed E-state index contributed by atoms with van der Waals surface area (Å²) in [4.78, 5) is 14.1. The molecule has 116 valence electrons. The highest BCUT2D eigenvalue weighted by molar-refractivity contribution is 5.78. The van der Waals surface area contributed by atoms with E-state index in [2.05, 4.69) is 5.32 Å². The van der Waals surface area contributed by atoms with Gasteiger partial charge in [0.25, 0.3) is 0 Å². The Balaban J connectivity index is 1.91. The van der Waals surface area contributed by atoms with Gasteiger partial charge in [-0.1, -0.05) is 18.2 Å². The number of halogens is 1. The first-order valence-electron chi connectivity index (χ1n) is 7.36. The van der Waals surface area contributed by atoms with Gasteiger partial charge in [-0.25, -0.2) is 4.39 Å². The number of nitrogens with one attached hydrogen (secondary N) is 1. The van der Waals surface area contributed by atoms with Crippen molar-refractivity contribution in [3.8, 4) is 0 Å². The lowest BCUT2D eigenvalue weighted by Gasteiger charge is -2.23. The number of hydrogen-bond acceptors (Lipinski definition) is 3. The summed E-state index contributed by atoms with van der Waals surface area (Å²) in [7, 11) is 1.61. The third-order valence-electron chi connectivity index (χ3n) is 3.57. The Bertz CT molecular complexity index is 477. The monoisotopic (exact) mass is 294 g/mol. The first kappa shape index (κ1) is 15.9. The van der Waals surface area contributed by atoms with Gasteiger partial charge in [-0.2, -0.15) is 0 Å². The molecular weight excluding hydrogens is 271 g/mol. The van der Waals surface area contributed by atoms with Crippen LogP contribution in [0.5, 0.6) is 0 Å². The maximum atomic E-state index is 13.7. The van der Waals surface area contributed by atoms with Crippen LogP contribution in [0.3, 0.4) is 0 Å². The SMILES string of the molecule is COC[C@@H](C)NC(=O)CN(Cc1ccccc1F)C1CC1. The van der Waals surface area contributed by atoms with Crippen molar-refractivity contribution >= 4 is 5.91 Å². The molecule has 5 heteroatoms. The highest BCUT2D eigenvalue weighted by Gasteiger charge is 2.30. The number of carbonyl (C=O) groups is 1. The first-order chi connectivity index (χ1) is 10.1. The summed E-state index contributed by atoms with van der Waals surface area (Å²) in [5, 5.41) is 2.89. The van der Waals surface area contributed by atoms with Crippen LogP contribution >= 0.6 is 0 Å². The van der Waals surface area contributed by atoms with Gasteiger partial charge in [0.05, 0.1) is 13.2 Å². The van der Waals surface area contributed by atoms with Crippen LogP contribution in [0, 0.1) is 5.82 Å². The lowest BCUT2D eigenvalue weighted by molar-refractivity contribution is -0.123. The first-order valence-corrected chi connectivity index (χ1v) is 7.36. The summed E-state index contributed by atoms with van der Waals surface area (Å²) in [6.07, 6.45) is 2.16. The van der Waals surface area contributed by atoms with Gasteiger partial charge in [-0.05, 0) is 25.8 Å². The molecule has 1 aliphatic rings. The van der Waals surface area contributed by atoms with Crippen molar-refractivity contribution in [2.45, 2.75) is 38.4 Å². The van der Waals surface area contributed by atoms with Crippen LogP contribution in [0.15, 0.2) is 24.3 Å². The number of amides is 1. The minimum atomic E-state index is -0.212.